The smallest absolute Gasteiger partial charge is 0.255 e. The maximum atomic E-state index is 12.5. The molecule has 0 amide bonds. The first-order valence-corrected chi connectivity index (χ1v) is 8.59. The molecule has 1 aliphatic heterocycles. The van der Waals surface area contributed by atoms with Crippen LogP contribution in [0.1, 0.15) is 43.7 Å². The zero-order valence-electron chi connectivity index (χ0n) is 14.8. The average Bonchev–Trinajstić information content (AvgIpc) is 2.96. The van der Waals surface area contributed by atoms with E-state index in [0.717, 1.165) is 41.1 Å². The summed E-state index contributed by atoms with van der Waals surface area (Å²) in [5, 5.41) is 0. The molecule has 4 rings (SSSR count). The second kappa shape index (κ2) is 5.81. The van der Waals surface area contributed by atoms with Crippen molar-refractivity contribution in [2.24, 2.45) is 0 Å². The lowest BCUT2D eigenvalue weighted by Crippen LogP contribution is -2.37. The van der Waals surface area contributed by atoms with E-state index in [4.69, 9.17) is 9.40 Å². The minimum Gasteiger partial charge on any atom is -0.439 e. The van der Waals surface area contributed by atoms with Gasteiger partial charge in [-0.1, -0.05) is 32.9 Å². The summed E-state index contributed by atoms with van der Waals surface area (Å²) in [6.45, 7) is 8.17. The highest BCUT2D eigenvalue weighted by Crippen LogP contribution is 2.22. The second-order valence-electron chi connectivity index (χ2n) is 7.63. The number of fused-ring (bicyclic) bond motifs is 2. The normalized spacial score (nSPS) is 15.5. The van der Waals surface area contributed by atoms with Crippen LogP contribution in [-0.4, -0.2) is 26.4 Å². The van der Waals surface area contributed by atoms with E-state index in [-0.39, 0.29) is 11.0 Å². The van der Waals surface area contributed by atoms with Gasteiger partial charge in [-0.25, -0.2) is 9.97 Å². The van der Waals surface area contributed by atoms with Gasteiger partial charge >= 0.3 is 0 Å². The quantitative estimate of drug-likeness (QED) is 0.778. The topological polar surface area (TPSA) is 75.0 Å². The predicted molar refractivity (Wildman–Crippen MR) is 95.4 cm³/mol. The van der Waals surface area contributed by atoms with E-state index in [0.29, 0.717) is 19.0 Å². The van der Waals surface area contributed by atoms with Crippen LogP contribution in [-0.2, 0) is 24.9 Å². The monoisotopic (exact) mass is 338 g/mol. The second-order valence-corrected chi connectivity index (χ2v) is 7.63. The summed E-state index contributed by atoms with van der Waals surface area (Å²) in [6, 6.07) is 7.74. The molecule has 0 saturated carbocycles. The Balaban J connectivity index is 1.57. The van der Waals surface area contributed by atoms with Crippen molar-refractivity contribution < 1.29 is 4.42 Å². The fourth-order valence-electron chi connectivity index (χ4n) is 3.15. The number of oxazole rings is 1. The molecular formula is C19H22N4O2. The first kappa shape index (κ1) is 16.0. The Morgan fingerprint density at radius 1 is 1.24 bits per heavy atom. The first-order valence-electron chi connectivity index (χ1n) is 8.59. The van der Waals surface area contributed by atoms with Crippen LogP contribution in [0.5, 0.6) is 0 Å². The molecule has 130 valence electrons. The maximum Gasteiger partial charge on any atom is 0.255 e. The third-order valence-electron chi connectivity index (χ3n) is 4.56. The van der Waals surface area contributed by atoms with E-state index in [2.05, 4.69) is 35.6 Å². The van der Waals surface area contributed by atoms with Gasteiger partial charge in [-0.2, -0.15) is 0 Å². The van der Waals surface area contributed by atoms with E-state index in [1.807, 2.05) is 24.3 Å². The molecule has 0 aliphatic carbocycles. The Morgan fingerprint density at radius 3 is 2.80 bits per heavy atom. The fraction of sp³-hybridized carbons (Fsp3) is 0.421. The van der Waals surface area contributed by atoms with Crippen molar-refractivity contribution in [3.8, 4) is 0 Å². The number of benzene rings is 1. The molecule has 0 saturated heterocycles. The van der Waals surface area contributed by atoms with Crippen LogP contribution in [0.2, 0.25) is 0 Å². The van der Waals surface area contributed by atoms with E-state index in [9.17, 15) is 4.79 Å². The van der Waals surface area contributed by atoms with Crippen molar-refractivity contribution in [2.45, 2.75) is 45.7 Å². The maximum absolute atomic E-state index is 12.5. The largest absolute Gasteiger partial charge is 0.439 e. The molecule has 6 nitrogen and oxygen atoms in total. The molecular weight excluding hydrogens is 316 g/mol. The summed E-state index contributed by atoms with van der Waals surface area (Å²) in [7, 11) is 0. The number of nitrogens with zero attached hydrogens (tertiary/aromatic N) is 3. The van der Waals surface area contributed by atoms with E-state index in [1.165, 1.54) is 0 Å². The molecule has 1 aromatic carbocycles. The summed E-state index contributed by atoms with van der Waals surface area (Å²) >= 11 is 0. The Hall–Kier alpha value is -2.47. The summed E-state index contributed by atoms with van der Waals surface area (Å²) in [5.74, 6) is 1.43. The number of aromatic amines is 1. The molecule has 0 atom stereocenters. The molecule has 0 unspecified atom stereocenters. The lowest BCUT2D eigenvalue weighted by Gasteiger charge is -2.27. The molecule has 0 radical (unpaired) electrons. The minimum atomic E-state index is -0.163. The van der Waals surface area contributed by atoms with Gasteiger partial charge in [-0.05, 0) is 12.1 Å². The summed E-state index contributed by atoms with van der Waals surface area (Å²) in [6.07, 6.45) is 0.766. The molecule has 0 spiro atoms. The van der Waals surface area contributed by atoms with Crippen molar-refractivity contribution >= 4 is 11.1 Å². The highest BCUT2D eigenvalue weighted by Gasteiger charge is 2.25. The standard InChI is InChI=1S/C19H22N4O2/c1-19(2,3)18-21-13-8-9-23(10-12(13)17(24)22-18)11-16-20-14-6-4-5-7-15(14)25-16/h4-7H,8-11H2,1-3H3,(H,21,22,24). The number of aromatic nitrogens is 3. The predicted octanol–water partition coefficient (Wildman–Crippen LogP) is 2.77. The molecule has 3 aromatic rings. The minimum absolute atomic E-state index is 0.0304. The number of rotatable bonds is 2. The van der Waals surface area contributed by atoms with Gasteiger partial charge in [0, 0.05) is 24.9 Å². The number of hydrogen-bond donors (Lipinski definition) is 1. The highest BCUT2D eigenvalue weighted by molar-refractivity contribution is 5.72. The molecule has 1 aliphatic rings. The highest BCUT2D eigenvalue weighted by atomic mass is 16.3. The van der Waals surface area contributed by atoms with Gasteiger partial charge in [0.1, 0.15) is 11.3 Å². The number of H-pyrrole nitrogens is 1. The van der Waals surface area contributed by atoms with Crippen molar-refractivity contribution in [2.75, 3.05) is 6.54 Å². The van der Waals surface area contributed by atoms with Gasteiger partial charge in [0.05, 0.1) is 17.8 Å². The lowest BCUT2D eigenvalue weighted by molar-refractivity contribution is 0.219. The molecule has 2 aromatic heterocycles. The van der Waals surface area contributed by atoms with Gasteiger partial charge in [0.15, 0.2) is 5.58 Å². The van der Waals surface area contributed by atoms with Crippen LogP contribution in [0.4, 0.5) is 0 Å². The Kier molecular flexibility index (Phi) is 3.72. The van der Waals surface area contributed by atoms with Gasteiger partial charge in [-0.3, -0.25) is 9.69 Å². The first-order chi connectivity index (χ1) is 11.9. The van der Waals surface area contributed by atoms with Crippen LogP contribution in [0, 0.1) is 0 Å². The van der Waals surface area contributed by atoms with Gasteiger partial charge in [0.25, 0.3) is 5.56 Å². The number of nitrogens with one attached hydrogen (secondary N) is 1. The van der Waals surface area contributed by atoms with E-state index < -0.39 is 0 Å². The number of para-hydroxylation sites is 2. The molecule has 0 fully saturated rings. The van der Waals surface area contributed by atoms with Crippen molar-refractivity contribution in [3.05, 3.63) is 57.6 Å². The molecule has 3 heterocycles. The summed E-state index contributed by atoms with van der Waals surface area (Å²) in [5.41, 5.74) is 3.15. The van der Waals surface area contributed by atoms with Gasteiger partial charge < -0.3 is 9.40 Å². The van der Waals surface area contributed by atoms with Crippen molar-refractivity contribution in [3.63, 3.8) is 0 Å². The van der Waals surface area contributed by atoms with Crippen LogP contribution >= 0.6 is 0 Å². The molecule has 6 heteroatoms. The Morgan fingerprint density at radius 2 is 2.04 bits per heavy atom. The van der Waals surface area contributed by atoms with Crippen LogP contribution < -0.4 is 5.56 Å². The van der Waals surface area contributed by atoms with Gasteiger partial charge in [-0.15, -0.1) is 0 Å². The molecule has 1 N–H and O–H groups in total. The van der Waals surface area contributed by atoms with Crippen LogP contribution in [0.3, 0.4) is 0 Å². The Bertz CT molecular complexity index is 948. The number of hydrogen-bond acceptors (Lipinski definition) is 5. The average molecular weight is 338 g/mol. The van der Waals surface area contributed by atoms with E-state index >= 15 is 0 Å². The van der Waals surface area contributed by atoms with E-state index in [1.54, 1.807) is 0 Å². The summed E-state index contributed by atoms with van der Waals surface area (Å²) in [4.78, 5) is 26.9. The van der Waals surface area contributed by atoms with Crippen molar-refractivity contribution in [1.29, 1.82) is 0 Å². The fourth-order valence-corrected chi connectivity index (χ4v) is 3.15. The van der Waals surface area contributed by atoms with Gasteiger partial charge in [0.2, 0.25) is 5.89 Å². The third-order valence-corrected chi connectivity index (χ3v) is 4.56. The van der Waals surface area contributed by atoms with Crippen LogP contribution in [0.25, 0.3) is 11.1 Å². The molecule has 0 bridgehead atoms. The summed E-state index contributed by atoms with van der Waals surface area (Å²) < 4.78 is 5.80. The molecule has 25 heavy (non-hydrogen) atoms. The van der Waals surface area contributed by atoms with Crippen molar-refractivity contribution in [1.82, 2.24) is 19.9 Å². The zero-order valence-corrected chi connectivity index (χ0v) is 14.8. The Labute approximate surface area is 145 Å². The zero-order chi connectivity index (χ0) is 17.6. The third kappa shape index (κ3) is 3.09. The lowest BCUT2D eigenvalue weighted by atomic mass is 9.95. The SMILES string of the molecule is CC(C)(C)c1nc2c(c(=O)[nH]1)CN(Cc1nc3ccccc3o1)CC2. The van der Waals surface area contributed by atoms with Crippen LogP contribution in [0.15, 0.2) is 33.5 Å².